The van der Waals surface area contributed by atoms with E-state index in [0.717, 1.165) is 40.9 Å². The van der Waals surface area contributed by atoms with E-state index < -0.39 is 0 Å². The Labute approximate surface area is 133 Å². The maximum atomic E-state index is 3.50. The highest BCUT2D eigenvalue weighted by Crippen LogP contribution is 2.22. The average molecular weight is 303 g/mol. The predicted molar refractivity (Wildman–Crippen MR) is 90.4 cm³/mol. The Balaban J connectivity index is 1.65. The smallest absolute Gasteiger partial charge is 0.0979 e. The number of H-pyrrole nitrogens is 2. The van der Waals surface area contributed by atoms with Crippen LogP contribution in [0.2, 0.25) is 0 Å². The number of rotatable bonds is 0. The molecule has 8 bridgehead atoms. The monoisotopic (exact) mass is 303 g/mol. The van der Waals surface area contributed by atoms with Gasteiger partial charge >= 0.3 is 0 Å². The van der Waals surface area contributed by atoms with Gasteiger partial charge in [0.15, 0.2) is 0 Å². The summed E-state index contributed by atoms with van der Waals surface area (Å²) in [7, 11) is 0. The van der Waals surface area contributed by atoms with Gasteiger partial charge in [-0.05, 0) is 30.3 Å². The number of aromatic amines is 2. The molecule has 0 saturated heterocycles. The summed E-state index contributed by atoms with van der Waals surface area (Å²) >= 11 is 0. The van der Waals surface area contributed by atoms with Crippen LogP contribution in [0.25, 0.3) is 18.0 Å². The summed E-state index contributed by atoms with van der Waals surface area (Å²) in [6.07, 6.45) is 13.8. The molecule has 0 aromatic carbocycles. The van der Waals surface area contributed by atoms with E-state index in [2.05, 4.69) is 86.3 Å². The van der Waals surface area contributed by atoms with Crippen LogP contribution in [-0.4, -0.2) is 26.4 Å². The molecule has 3 N–H and O–H groups in total. The van der Waals surface area contributed by atoms with Gasteiger partial charge < -0.3 is 25.1 Å². The van der Waals surface area contributed by atoms with Crippen molar-refractivity contribution in [2.75, 3.05) is 6.67 Å². The normalized spacial score (nSPS) is 18.4. The van der Waals surface area contributed by atoms with Crippen molar-refractivity contribution in [2.45, 2.75) is 6.42 Å². The Morgan fingerprint density at radius 3 is 2.70 bits per heavy atom. The van der Waals surface area contributed by atoms with Crippen molar-refractivity contribution < 1.29 is 0 Å². The summed E-state index contributed by atoms with van der Waals surface area (Å²) < 4.78 is 0. The first-order chi connectivity index (χ1) is 11.3. The molecule has 5 heterocycles. The second kappa shape index (κ2) is 4.71. The quantitative estimate of drug-likeness (QED) is 0.684. The standard InChI is InChI=1S/C18H17N5/c1-2-15-10-22-7-8-23(12-22)11-16-4-6-18(21-16)17-5-3-14(20-17)9-13(1)19-15/h1-3,5-11,19-21H,4,12H2. The summed E-state index contributed by atoms with van der Waals surface area (Å²) in [5.41, 5.74) is 4.56. The van der Waals surface area contributed by atoms with E-state index in [9.17, 15) is 0 Å². The molecule has 0 atom stereocenters. The Kier molecular flexibility index (Phi) is 2.55. The van der Waals surface area contributed by atoms with E-state index in [1.165, 1.54) is 5.70 Å². The summed E-state index contributed by atoms with van der Waals surface area (Å²) in [6, 6.07) is 8.42. The molecule has 0 radical (unpaired) electrons. The van der Waals surface area contributed by atoms with Gasteiger partial charge in [0.2, 0.25) is 0 Å². The lowest BCUT2D eigenvalue weighted by atomic mass is 10.3. The van der Waals surface area contributed by atoms with Gasteiger partial charge in [0, 0.05) is 48.0 Å². The van der Waals surface area contributed by atoms with Crippen LogP contribution in [0, 0.1) is 0 Å². The van der Waals surface area contributed by atoms with Gasteiger partial charge in [-0.2, -0.15) is 0 Å². The van der Waals surface area contributed by atoms with E-state index in [1.54, 1.807) is 0 Å². The fraction of sp³-hybridized carbons (Fsp3) is 0.111. The third-order valence-electron chi connectivity index (χ3n) is 4.26. The van der Waals surface area contributed by atoms with Crippen molar-refractivity contribution in [3.8, 4) is 0 Å². The van der Waals surface area contributed by atoms with Crippen LogP contribution in [0.15, 0.2) is 54.6 Å². The van der Waals surface area contributed by atoms with E-state index in [1.807, 2.05) is 0 Å². The molecule has 5 heteroatoms. The van der Waals surface area contributed by atoms with Crippen LogP contribution in [0.4, 0.5) is 0 Å². The third-order valence-corrected chi connectivity index (χ3v) is 4.26. The van der Waals surface area contributed by atoms with E-state index in [4.69, 9.17) is 0 Å². The molecule has 0 spiro atoms. The van der Waals surface area contributed by atoms with E-state index in [-0.39, 0.29) is 0 Å². The molecule has 0 amide bonds. The fourth-order valence-corrected chi connectivity index (χ4v) is 3.16. The zero-order valence-electron chi connectivity index (χ0n) is 12.6. The first-order valence-electron chi connectivity index (χ1n) is 7.78. The molecule has 0 aliphatic carbocycles. The van der Waals surface area contributed by atoms with Crippen molar-refractivity contribution in [3.05, 3.63) is 76.7 Å². The van der Waals surface area contributed by atoms with Crippen LogP contribution in [0.1, 0.15) is 17.8 Å². The molecule has 0 unspecified atom stereocenters. The van der Waals surface area contributed by atoms with Gasteiger partial charge in [-0.25, -0.2) is 0 Å². The molecule has 2 aromatic rings. The molecule has 23 heavy (non-hydrogen) atoms. The second-order valence-electron chi connectivity index (χ2n) is 6.04. The highest BCUT2D eigenvalue weighted by atomic mass is 15.3. The zero-order chi connectivity index (χ0) is 15.2. The summed E-state index contributed by atoms with van der Waals surface area (Å²) in [5.74, 6) is 0. The highest BCUT2D eigenvalue weighted by Gasteiger charge is 2.15. The molecular formula is C18H17N5. The minimum absolute atomic E-state index is 0.824. The zero-order valence-corrected chi connectivity index (χ0v) is 12.6. The third kappa shape index (κ3) is 2.26. The molecule has 0 fully saturated rings. The Bertz CT molecular complexity index is 969. The van der Waals surface area contributed by atoms with E-state index in [0.29, 0.717) is 0 Å². The van der Waals surface area contributed by atoms with Crippen LogP contribution in [0.5, 0.6) is 0 Å². The number of fused-ring (bicyclic) bond motifs is 9. The number of hydrogen-bond acceptors (Lipinski definition) is 3. The summed E-state index contributed by atoms with van der Waals surface area (Å²) in [6.45, 7) is 0.824. The minimum Gasteiger partial charge on any atom is -0.356 e. The van der Waals surface area contributed by atoms with Gasteiger partial charge in [-0.1, -0.05) is 6.08 Å². The van der Waals surface area contributed by atoms with Crippen LogP contribution in [0.3, 0.4) is 0 Å². The molecule has 5 rings (SSSR count). The molecule has 114 valence electrons. The molecule has 3 aliphatic heterocycles. The Morgan fingerprint density at radius 1 is 0.870 bits per heavy atom. The van der Waals surface area contributed by atoms with Crippen LogP contribution in [-0.2, 0) is 0 Å². The second-order valence-corrected chi connectivity index (χ2v) is 6.04. The maximum absolute atomic E-state index is 3.50. The van der Waals surface area contributed by atoms with Crippen molar-refractivity contribution in [1.82, 2.24) is 25.1 Å². The number of aromatic nitrogens is 2. The van der Waals surface area contributed by atoms with Gasteiger partial charge in [0.1, 0.15) is 0 Å². The lowest BCUT2D eigenvalue weighted by Gasteiger charge is -2.15. The SMILES string of the molecule is C1=CN2C=c3ccc([nH]3)=Cc3ccc([nH]3)C3=CCC(=CN1C2)N3. The number of hydrogen-bond donors (Lipinski definition) is 3. The lowest BCUT2D eigenvalue weighted by Crippen LogP contribution is -2.21. The topological polar surface area (TPSA) is 50.1 Å². The van der Waals surface area contributed by atoms with Crippen LogP contribution < -0.4 is 16.0 Å². The van der Waals surface area contributed by atoms with Crippen molar-refractivity contribution in [1.29, 1.82) is 0 Å². The van der Waals surface area contributed by atoms with Gasteiger partial charge in [0.25, 0.3) is 0 Å². The molecule has 2 aromatic heterocycles. The molecule has 5 nitrogen and oxygen atoms in total. The lowest BCUT2D eigenvalue weighted by molar-refractivity contribution is 0.409. The van der Waals surface area contributed by atoms with Gasteiger partial charge in [-0.3, -0.25) is 0 Å². The summed E-state index contributed by atoms with van der Waals surface area (Å²) in [4.78, 5) is 11.2. The maximum Gasteiger partial charge on any atom is 0.0979 e. The number of nitrogens with one attached hydrogen (secondary N) is 3. The number of allylic oxidation sites excluding steroid dienone is 1. The predicted octanol–water partition coefficient (Wildman–Crippen LogP) is 1.15. The minimum atomic E-state index is 0.824. The molecule has 3 aliphatic rings. The first-order valence-corrected chi connectivity index (χ1v) is 7.78. The number of nitrogens with zero attached hydrogens (tertiary/aromatic N) is 2. The average Bonchev–Trinajstić information content (AvgIpc) is 3.28. The van der Waals surface area contributed by atoms with Crippen molar-refractivity contribution >= 4 is 18.0 Å². The highest BCUT2D eigenvalue weighted by molar-refractivity contribution is 5.67. The Morgan fingerprint density at radius 2 is 1.74 bits per heavy atom. The van der Waals surface area contributed by atoms with Crippen LogP contribution >= 0.6 is 0 Å². The van der Waals surface area contributed by atoms with Gasteiger partial charge in [0.05, 0.1) is 23.4 Å². The first kappa shape index (κ1) is 12.5. The van der Waals surface area contributed by atoms with Crippen molar-refractivity contribution in [3.63, 3.8) is 0 Å². The van der Waals surface area contributed by atoms with E-state index >= 15 is 0 Å². The Hall–Kier alpha value is -3.08. The van der Waals surface area contributed by atoms with Crippen molar-refractivity contribution in [2.24, 2.45) is 0 Å². The largest absolute Gasteiger partial charge is 0.356 e. The van der Waals surface area contributed by atoms with Gasteiger partial charge in [-0.15, -0.1) is 0 Å². The molecular weight excluding hydrogens is 286 g/mol. The fourth-order valence-electron chi connectivity index (χ4n) is 3.16. The molecule has 0 saturated carbocycles. The summed E-state index contributed by atoms with van der Waals surface area (Å²) in [5, 5.41) is 5.69.